The number of rotatable bonds is 3. The molecule has 17 heavy (non-hydrogen) atoms. The Balaban J connectivity index is 2.14. The van der Waals surface area contributed by atoms with Crippen LogP contribution in [0.1, 0.15) is 6.92 Å². The predicted octanol–water partition coefficient (Wildman–Crippen LogP) is 1.32. The van der Waals surface area contributed by atoms with E-state index < -0.39 is 0 Å². The van der Waals surface area contributed by atoms with Crippen LogP contribution < -0.4 is 9.64 Å². The van der Waals surface area contributed by atoms with Gasteiger partial charge in [0.15, 0.2) is 0 Å². The molecule has 1 aliphatic rings. The number of anilines is 1. The summed E-state index contributed by atoms with van der Waals surface area (Å²) >= 11 is 5.84. The number of hydrogen-bond acceptors (Lipinski definition) is 5. The van der Waals surface area contributed by atoms with Crippen molar-refractivity contribution in [2.24, 2.45) is 0 Å². The molecule has 5 nitrogen and oxygen atoms in total. The van der Waals surface area contributed by atoms with Crippen molar-refractivity contribution in [1.29, 1.82) is 0 Å². The zero-order chi connectivity index (χ0) is 12.3. The molecule has 2 unspecified atom stereocenters. The fourth-order valence-corrected chi connectivity index (χ4v) is 2.06. The second-order valence-corrected chi connectivity index (χ2v) is 4.34. The van der Waals surface area contributed by atoms with Gasteiger partial charge in [0.25, 0.3) is 0 Å². The molecular formula is C11H16ClN3O2. The maximum absolute atomic E-state index is 5.84. The van der Waals surface area contributed by atoms with E-state index in [0.29, 0.717) is 24.3 Å². The van der Waals surface area contributed by atoms with E-state index in [1.165, 1.54) is 0 Å². The number of hydrogen-bond donors (Lipinski definition) is 0. The molecular weight excluding hydrogens is 242 g/mol. The summed E-state index contributed by atoms with van der Waals surface area (Å²) in [4.78, 5) is 10.6. The van der Waals surface area contributed by atoms with Gasteiger partial charge in [-0.15, -0.1) is 11.6 Å². The van der Waals surface area contributed by atoms with Crippen molar-refractivity contribution in [1.82, 2.24) is 9.97 Å². The lowest BCUT2D eigenvalue weighted by atomic mass is 10.2. The first-order valence-electron chi connectivity index (χ1n) is 5.56. The highest BCUT2D eigenvalue weighted by Gasteiger charge is 2.26. The molecule has 1 aliphatic heterocycles. The van der Waals surface area contributed by atoms with E-state index in [4.69, 9.17) is 21.1 Å². The van der Waals surface area contributed by atoms with Crippen LogP contribution in [0.15, 0.2) is 12.3 Å². The maximum Gasteiger partial charge on any atom is 0.228 e. The van der Waals surface area contributed by atoms with E-state index in [-0.39, 0.29) is 12.2 Å². The van der Waals surface area contributed by atoms with Gasteiger partial charge in [-0.25, -0.2) is 4.98 Å². The Kier molecular flexibility index (Phi) is 4.02. The van der Waals surface area contributed by atoms with Crippen LogP contribution in [0.3, 0.4) is 0 Å². The molecule has 0 aliphatic carbocycles. The van der Waals surface area contributed by atoms with Gasteiger partial charge in [0.1, 0.15) is 0 Å². The molecule has 0 bridgehead atoms. The van der Waals surface area contributed by atoms with Crippen molar-refractivity contribution in [3.05, 3.63) is 12.3 Å². The first kappa shape index (κ1) is 12.4. The van der Waals surface area contributed by atoms with E-state index in [1.807, 2.05) is 6.92 Å². The van der Waals surface area contributed by atoms with Crippen LogP contribution in [0.5, 0.6) is 5.88 Å². The molecule has 2 rings (SSSR count). The summed E-state index contributed by atoms with van der Waals surface area (Å²) in [5.41, 5.74) is 0. The van der Waals surface area contributed by atoms with Gasteiger partial charge in [-0.1, -0.05) is 0 Å². The van der Waals surface area contributed by atoms with Crippen LogP contribution in [0.4, 0.5) is 5.95 Å². The average Bonchev–Trinajstić information content (AvgIpc) is 2.38. The third-order valence-electron chi connectivity index (χ3n) is 2.61. The Morgan fingerprint density at radius 3 is 3.12 bits per heavy atom. The quantitative estimate of drug-likeness (QED) is 0.765. The van der Waals surface area contributed by atoms with E-state index in [9.17, 15) is 0 Å². The van der Waals surface area contributed by atoms with Gasteiger partial charge >= 0.3 is 0 Å². The summed E-state index contributed by atoms with van der Waals surface area (Å²) in [6.07, 6.45) is 1.84. The van der Waals surface area contributed by atoms with Crippen LogP contribution in [-0.2, 0) is 4.74 Å². The largest absolute Gasteiger partial charge is 0.481 e. The third kappa shape index (κ3) is 2.98. The van der Waals surface area contributed by atoms with Gasteiger partial charge in [-0.3, -0.25) is 0 Å². The number of alkyl halides is 1. The van der Waals surface area contributed by atoms with Crippen LogP contribution >= 0.6 is 11.6 Å². The minimum Gasteiger partial charge on any atom is -0.481 e. The highest BCUT2D eigenvalue weighted by Crippen LogP contribution is 2.18. The van der Waals surface area contributed by atoms with Crippen molar-refractivity contribution < 1.29 is 9.47 Å². The molecule has 2 heterocycles. The van der Waals surface area contributed by atoms with Gasteiger partial charge in [0.05, 0.1) is 25.2 Å². The summed E-state index contributed by atoms with van der Waals surface area (Å²) in [5, 5.41) is 0. The summed E-state index contributed by atoms with van der Waals surface area (Å²) in [5.74, 6) is 1.70. The zero-order valence-electron chi connectivity index (χ0n) is 9.97. The Morgan fingerprint density at radius 2 is 2.41 bits per heavy atom. The number of halogens is 1. The van der Waals surface area contributed by atoms with Gasteiger partial charge in [0, 0.05) is 25.4 Å². The number of ether oxygens (including phenoxy) is 2. The lowest BCUT2D eigenvalue weighted by molar-refractivity contribution is -0.00386. The molecule has 0 N–H and O–H groups in total. The van der Waals surface area contributed by atoms with Crippen LogP contribution in [0.2, 0.25) is 0 Å². The predicted molar refractivity (Wildman–Crippen MR) is 65.9 cm³/mol. The smallest absolute Gasteiger partial charge is 0.228 e. The molecule has 0 radical (unpaired) electrons. The zero-order valence-corrected chi connectivity index (χ0v) is 10.7. The highest BCUT2D eigenvalue weighted by molar-refractivity contribution is 6.18. The Hall–Kier alpha value is -1.07. The Labute approximate surface area is 106 Å². The molecule has 1 saturated heterocycles. The third-order valence-corrected chi connectivity index (χ3v) is 2.95. The molecule has 1 fully saturated rings. The van der Waals surface area contributed by atoms with Gasteiger partial charge in [-0.05, 0) is 6.92 Å². The molecule has 2 atom stereocenters. The standard InChI is InChI=1S/C11H16ClN3O2/c1-8-6-15(7-9(5-12)17-8)11-13-4-3-10(14-11)16-2/h3-4,8-9H,5-7H2,1-2H3. The Morgan fingerprint density at radius 1 is 1.59 bits per heavy atom. The Bertz CT molecular complexity index is 377. The summed E-state index contributed by atoms with van der Waals surface area (Å²) in [7, 11) is 1.59. The van der Waals surface area contributed by atoms with Crippen molar-refractivity contribution in [3.63, 3.8) is 0 Å². The van der Waals surface area contributed by atoms with Crippen LogP contribution in [-0.4, -0.2) is 48.3 Å². The molecule has 0 saturated carbocycles. The molecule has 0 amide bonds. The minimum atomic E-state index is 0.0233. The normalized spacial score (nSPS) is 24.8. The van der Waals surface area contributed by atoms with E-state index in [1.54, 1.807) is 19.4 Å². The molecule has 0 spiro atoms. The summed E-state index contributed by atoms with van der Waals surface area (Å²) < 4.78 is 10.8. The highest BCUT2D eigenvalue weighted by atomic mass is 35.5. The van der Waals surface area contributed by atoms with Crippen LogP contribution in [0.25, 0.3) is 0 Å². The summed E-state index contributed by atoms with van der Waals surface area (Å²) in [6, 6.07) is 1.73. The first-order valence-corrected chi connectivity index (χ1v) is 6.09. The molecule has 6 heteroatoms. The fraction of sp³-hybridized carbons (Fsp3) is 0.636. The maximum atomic E-state index is 5.84. The molecule has 1 aromatic heterocycles. The van der Waals surface area contributed by atoms with Gasteiger partial charge in [-0.2, -0.15) is 4.98 Å². The van der Waals surface area contributed by atoms with E-state index in [2.05, 4.69) is 14.9 Å². The molecule has 1 aromatic rings. The van der Waals surface area contributed by atoms with Crippen LogP contribution in [0, 0.1) is 0 Å². The number of nitrogens with zero attached hydrogens (tertiary/aromatic N) is 3. The second-order valence-electron chi connectivity index (χ2n) is 4.03. The van der Waals surface area contributed by atoms with E-state index >= 15 is 0 Å². The average molecular weight is 258 g/mol. The topological polar surface area (TPSA) is 47.5 Å². The number of aromatic nitrogens is 2. The van der Waals surface area contributed by atoms with Crippen molar-refractivity contribution in [3.8, 4) is 5.88 Å². The first-order chi connectivity index (χ1) is 8.22. The lowest BCUT2D eigenvalue weighted by Crippen LogP contribution is -2.48. The van der Waals surface area contributed by atoms with Gasteiger partial charge in [0.2, 0.25) is 11.8 Å². The fourth-order valence-electron chi connectivity index (χ4n) is 1.89. The van der Waals surface area contributed by atoms with E-state index in [0.717, 1.165) is 6.54 Å². The van der Waals surface area contributed by atoms with Gasteiger partial charge < -0.3 is 14.4 Å². The SMILES string of the molecule is COc1ccnc(N2CC(C)OC(CCl)C2)n1. The minimum absolute atomic E-state index is 0.0233. The number of methoxy groups -OCH3 is 1. The lowest BCUT2D eigenvalue weighted by Gasteiger charge is -2.36. The molecule has 94 valence electrons. The van der Waals surface area contributed by atoms with Crippen molar-refractivity contribution in [2.75, 3.05) is 31.0 Å². The van der Waals surface area contributed by atoms with Crippen molar-refractivity contribution in [2.45, 2.75) is 19.1 Å². The summed E-state index contributed by atoms with van der Waals surface area (Å²) in [6.45, 7) is 3.49. The van der Waals surface area contributed by atoms with Crippen molar-refractivity contribution >= 4 is 17.5 Å². The molecule has 0 aromatic carbocycles. The number of morpholine rings is 1. The monoisotopic (exact) mass is 257 g/mol. The second kappa shape index (κ2) is 5.51.